The maximum absolute atomic E-state index is 14.7. The van der Waals surface area contributed by atoms with Gasteiger partial charge in [0.25, 0.3) is 0 Å². The van der Waals surface area contributed by atoms with Crippen molar-refractivity contribution in [1.82, 2.24) is 15.0 Å². The van der Waals surface area contributed by atoms with Crippen LogP contribution in [0.5, 0.6) is 5.75 Å². The lowest BCUT2D eigenvalue weighted by Gasteiger charge is -2.32. The summed E-state index contributed by atoms with van der Waals surface area (Å²) < 4.78 is 153. The number of fused-ring (bicyclic) bond motifs is 1. The van der Waals surface area contributed by atoms with Gasteiger partial charge in [-0.3, -0.25) is 0 Å². The molecular formula is C41H24F9N3O3S. The van der Waals surface area contributed by atoms with Crippen LogP contribution < -0.4 is 4.18 Å². The highest BCUT2D eigenvalue weighted by atomic mass is 32.2. The fourth-order valence-electron chi connectivity index (χ4n) is 5.91. The van der Waals surface area contributed by atoms with E-state index in [0.717, 1.165) is 23.3 Å². The molecule has 0 spiro atoms. The van der Waals surface area contributed by atoms with Gasteiger partial charge in [-0.15, -0.1) is 0 Å². The first kappa shape index (κ1) is 39.0. The van der Waals surface area contributed by atoms with Crippen LogP contribution in [0.4, 0.5) is 39.5 Å². The van der Waals surface area contributed by atoms with Crippen molar-refractivity contribution in [3.63, 3.8) is 0 Å². The molecule has 6 nitrogen and oxygen atoms in total. The minimum Gasteiger partial charge on any atom is -0.377 e. The van der Waals surface area contributed by atoms with Crippen molar-refractivity contribution in [2.24, 2.45) is 0 Å². The van der Waals surface area contributed by atoms with Gasteiger partial charge in [-0.1, -0.05) is 133 Å². The van der Waals surface area contributed by atoms with Crippen molar-refractivity contribution in [2.75, 3.05) is 0 Å². The Morgan fingerprint density at radius 1 is 0.439 bits per heavy atom. The molecule has 1 aromatic heterocycles. The first-order chi connectivity index (χ1) is 26.9. The molecule has 0 amide bonds. The van der Waals surface area contributed by atoms with Crippen molar-refractivity contribution in [1.29, 1.82) is 0 Å². The molecule has 0 saturated heterocycles. The summed E-state index contributed by atoms with van der Waals surface area (Å²) >= 11 is 0. The molecule has 1 heterocycles. The second-order valence-corrected chi connectivity index (χ2v) is 14.1. The molecule has 0 aliphatic carbocycles. The van der Waals surface area contributed by atoms with Gasteiger partial charge in [0.2, 0.25) is 0 Å². The predicted octanol–water partition coefficient (Wildman–Crippen LogP) is 11.5. The predicted molar refractivity (Wildman–Crippen MR) is 195 cm³/mol. The van der Waals surface area contributed by atoms with Gasteiger partial charge in [0, 0.05) is 22.3 Å². The summed E-state index contributed by atoms with van der Waals surface area (Å²) in [6, 6.07) is 39.7. The molecular weight excluding hydrogens is 786 g/mol. The van der Waals surface area contributed by atoms with Crippen LogP contribution in [0.1, 0.15) is 0 Å². The lowest BCUT2D eigenvalue weighted by molar-refractivity contribution is -0.382. The summed E-state index contributed by atoms with van der Waals surface area (Å²) in [6.07, 6.45) is -7.24. The van der Waals surface area contributed by atoms with E-state index >= 15 is 0 Å². The van der Waals surface area contributed by atoms with Crippen LogP contribution in [0.15, 0.2) is 146 Å². The Labute approximate surface area is 318 Å². The Balaban J connectivity index is 1.31. The minimum absolute atomic E-state index is 0.0459. The van der Waals surface area contributed by atoms with Crippen molar-refractivity contribution in [3.05, 3.63) is 146 Å². The summed E-state index contributed by atoms with van der Waals surface area (Å²) in [4.78, 5) is 14.1. The molecule has 0 atom stereocenters. The molecule has 0 N–H and O–H groups in total. The lowest BCUT2D eigenvalue weighted by atomic mass is 9.96. The molecule has 0 bridgehead atoms. The topological polar surface area (TPSA) is 82.0 Å². The van der Waals surface area contributed by atoms with Gasteiger partial charge in [0.05, 0.1) is 0 Å². The van der Waals surface area contributed by atoms with Crippen molar-refractivity contribution >= 4 is 20.9 Å². The summed E-state index contributed by atoms with van der Waals surface area (Å²) in [5.41, 5.74) is 3.30. The highest BCUT2D eigenvalue weighted by Crippen LogP contribution is 2.55. The quantitative estimate of drug-likeness (QED) is 0.101. The Morgan fingerprint density at radius 3 is 1.51 bits per heavy atom. The SMILES string of the molecule is O=S(=O)(Oc1ccc2ccccc2c1-c1ccc(-c2nc(-c3ccccc3)nc(-c3cccc(-c4ccccc4)c3)n2)cc1)C(F)(F)C(F)(F)C(F)(F)C(F)(F)F. The molecule has 6 aromatic carbocycles. The largest absolute Gasteiger partial charge is 0.460 e. The van der Waals surface area contributed by atoms with E-state index in [1.807, 2.05) is 60.7 Å². The summed E-state index contributed by atoms with van der Waals surface area (Å²) in [7, 11) is -7.24. The van der Waals surface area contributed by atoms with Crippen molar-refractivity contribution < 1.29 is 52.1 Å². The number of nitrogens with zero attached hydrogens (tertiary/aromatic N) is 3. The van der Waals surface area contributed by atoms with E-state index in [1.54, 1.807) is 30.3 Å². The van der Waals surface area contributed by atoms with E-state index in [0.29, 0.717) is 33.7 Å². The Hall–Kier alpha value is -6.29. The van der Waals surface area contributed by atoms with Crippen molar-refractivity contribution in [2.45, 2.75) is 23.3 Å². The molecule has 0 unspecified atom stereocenters. The van der Waals surface area contributed by atoms with Gasteiger partial charge >= 0.3 is 33.4 Å². The smallest absolute Gasteiger partial charge is 0.377 e. The monoisotopic (exact) mass is 809 g/mol. The van der Waals surface area contributed by atoms with Gasteiger partial charge in [0.1, 0.15) is 0 Å². The van der Waals surface area contributed by atoms with E-state index in [9.17, 15) is 47.9 Å². The Bertz CT molecular complexity index is 2700. The third kappa shape index (κ3) is 7.05. The fraction of sp³-hybridized carbons (Fsp3) is 0.0976. The number of alkyl halides is 9. The second-order valence-electron chi connectivity index (χ2n) is 12.6. The van der Waals surface area contributed by atoms with Crippen molar-refractivity contribution in [3.8, 4) is 62.2 Å². The van der Waals surface area contributed by atoms with E-state index in [1.165, 1.54) is 42.5 Å². The number of hydrogen-bond acceptors (Lipinski definition) is 6. The second kappa shape index (κ2) is 14.3. The van der Waals surface area contributed by atoms with Crippen LogP contribution in [0.2, 0.25) is 0 Å². The molecule has 16 heteroatoms. The summed E-state index contributed by atoms with van der Waals surface area (Å²) in [5, 5.41) is -6.56. The molecule has 290 valence electrons. The zero-order chi connectivity index (χ0) is 40.8. The van der Waals surface area contributed by atoms with Crippen LogP contribution >= 0.6 is 0 Å². The molecule has 0 radical (unpaired) electrons. The average molecular weight is 810 g/mol. The van der Waals surface area contributed by atoms with Crippen LogP contribution in [-0.2, 0) is 10.1 Å². The molecule has 7 rings (SSSR count). The fourth-order valence-corrected chi connectivity index (χ4v) is 6.83. The highest BCUT2D eigenvalue weighted by Gasteiger charge is 2.86. The number of aromatic nitrogens is 3. The van der Waals surface area contributed by atoms with E-state index in [2.05, 4.69) is 9.17 Å². The lowest BCUT2D eigenvalue weighted by Crippen LogP contribution is -2.63. The number of halogens is 9. The molecule has 0 aliphatic heterocycles. The van der Waals surface area contributed by atoms with Crippen LogP contribution in [-0.4, -0.2) is 46.6 Å². The third-order valence-electron chi connectivity index (χ3n) is 8.85. The standard InChI is InChI=1S/C41H24F9N3O3S/c42-38(43,40(46,47)48)39(44,45)41(49,50)57(54,55)56-33-23-22-26-12-7-8-17-32(26)34(33)27-18-20-29(21-19-27)36-51-35(28-13-5-2-6-14-28)52-37(53-36)31-16-9-15-30(24-31)25-10-3-1-4-11-25/h1-24H. The normalized spacial score (nSPS) is 12.8. The van der Waals surface area contributed by atoms with Crippen LogP contribution in [0.25, 0.3) is 67.2 Å². The average Bonchev–Trinajstić information content (AvgIpc) is 3.20. The van der Waals surface area contributed by atoms with E-state index in [4.69, 9.17) is 9.97 Å². The maximum Gasteiger partial charge on any atom is 0.460 e. The van der Waals surface area contributed by atoms with Gasteiger partial charge in [-0.25, -0.2) is 15.0 Å². The third-order valence-corrected chi connectivity index (χ3v) is 10.1. The highest BCUT2D eigenvalue weighted by molar-refractivity contribution is 7.88. The zero-order valence-corrected chi connectivity index (χ0v) is 29.5. The summed E-state index contributed by atoms with van der Waals surface area (Å²) in [6.45, 7) is 0. The molecule has 0 fully saturated rings. The van der Waals surface area contributed by atoms with E-state index < -0.39 is 39.1 Å². The molecule has 57 heavy (non-hydrogen) atoms. The first-order valence-corrected chi connectivity index (χ1v) is 18.1. The number of benzene rings is 6. The van der Waals surface area contributed by atoms with Crippen LogP contribution in [0, 0.1) is 0 Å². The number of hydrogen-bond donors (Lipinski definition) is 0. The molecule has 7 aromatic rings. The zero-order valence-electron chi connectivity index (χ0n) is 28.7. The van der Waals surface area contributed by atoms with Gasteiger partial charge < -0.3 is 4.18 Å². The Kier molecular flexibility index (Phi) is 9.80. The van der Waals surface area contributed by atoms with Gasteiger partial charge in [-0.2, -0.15) is 47.9 Å². The van der Waals surface area contributed by atoms with Gasteiger partial charge in [0.15, 0.2) is 23.2 Å². The molecule has 0 aliphatic rings. The molecule has 0 saturated carbocycles. The Morgan fingerprint density at radius 2 is 0.912 bits per heavy atom. The van der Waals surface area contributed by atoms with Crippen LogP contribution in [0.3, 0.4) is 0 Å². The maximum atomic E-state index is 14.7. The number of rotatable bonds is 10. The van der Waals surface area contributed by atoms with E-state index in [-0.39, 0.29) is 22.3 Å². The first-order valence-electron chi connectivity index (χ1n) is 16.7. The van der Waals surface area contributed by atoms with Gasteiger partial charge in [-0.05, 0) is 39.6 Å². The minimum atomic E-state index is -7.47. The summed E-state index contributed by atoms with van der Waals surface area (Å²) in [5.74, 6) is -15.2.